The number of likely N-dealkylation sites (N-methyl/N-ethyl adjacent to an activating group) is 1. The molecular weight excluding hydrogens is 228 g/mol. The van der Waals surface area contributed by atoms with Gasteiger partial charge in [-0.15, -0.1) is 0 Å². The number of nitrogens with one attached hydrogen (secondary N) is 1. The Morgan fingerprint density at radius 1 is 1.50 bits per heavy atom. The molecule has 0 aromatic rings. The van der Waals surface area contributed by atoms with Crippen molar-refractivity contribution < 1.29 is 9.47 Å². The molecule has 1 fully saturated rings. The van der Waals surface area contributed by atoms with Gasteiger partial charge in [-0.2, -0.15) is 0 Å². The second-order valence-electron chi connectivity index (χ2n) is 5.29. The predicted molar refractivity (Wildman–Crippen MR) is 75.0 cm³/mol. The van der Waals surface area contributed by atoms with E-state index in [0.717, 1.165) is 45.9 Å². The van der Waals surface area contributed by atoms with E-state index in [4.69, 9.17) is 9.47 Å². The topological polar surface area (TPSA) is 33.7 Å². The first kappa shape index (κ1) is 15.9. The quantitative estimate of drug-likeness (QED) is 0.600. The van der Waals surface area contributed by atoms with Crippen LogP contribution in [0.15, 0.2) is 0 Å². The molecule has 2 unspecified atom stereocenters. The van der Waals surface area contributed by atoms with Crippen LogP contribution < -0.4 is 5.32 Å². The number of hydrogen-bond acceptors (Lipinski definition) is 4. The van der Waals surface area contributed by atoms with Gasteiger partial charge in [-0.25, -0.2) is 0 Å². The Balaban J connectivity index is 2.29. The maximum absolute atomic E-state index is 5.52. The van der Waals surface area contributed by atoms with E-state index in [-0.39, 0.29) is 0 Å². The highest BCUT2D eigenvalue weighted by Gasteiger charge is 2.25. The van der Waals surface area contributed by atoms with E-state index in [1.807, 2.05) is 0 Å². The highest BCUT2D eigenvalue weighted by atomic mass is 16.5. The lowest BCUT2D eigenvalue weighted by Crippen LogP contribution is -2.45. The van der Waals surface area contributed by atoms with Crippen LogP contribution in [-0.4, -0.2) is 64.6 Å². The summed E-state index contributed by atoms with van der Waals surface area (Å²) in [6.45, 7) is 8.24. The average Bonchev–Trinajstić information content (AvgIpc) is 2.88. The summed E-state index contributed by atoms with van der Waals surface area (Å²) in [5.74, 6) is 0.682. The van der Waals surface area contributed by atoms with Crippen LogP contribution in [0.5, 0.6) is 0 Å². The fourth-order valence-corrected chi connectivity index (χ4v) is 2.49. The molecule has 1 aliphatic rings. The van der Waals surface area contributed by atoms with E-state index in [9.17, 15) is 0 Å². The van der Waals surface area contributed by atoms with Gasteiger partial charge in [-0.1, -0.05) is 6.92 Å². The zero-order valence-electron chi connectivity index (χ0n) is 12.3. The molecule has 1 N–H and O–H groups in total. The number of rotatable bonds is 10. The van der Waals surface area contributed by atoms with E-state index >= 15 is 0 Å². The fraction of sp³-hybridized carbons (Fsp3) is 1.00. The molecule has 0 bridgehead atoms. The minimum absolute atomic E-state index is 0.569. The summed E-state index contributed by atoms with van der Waals surface area (Å²) in [6, 6.07) is 0.569. The number of nitrogens with zero attached hydrogens (tertiary/aromatic N) is 1. The smallest absolute Gasteiger partial charge is 0.0510 e. The molecule has 0 aromatic carbocycles. The lowest BCUT2D eigenvalue weighted by Gasteiger charge is -2.28. The highest BCUT2D eigenvalue weighted by Crippen LogP contribution is 2.17. The van der Waals surface area contributed by atoms with Crippen LogP contribution in [0.25, 0.3) is 0 Å². The van der Waals surface area contributed by atoms with Gasteiger partial charge in [-0.3, -0.25) is 0 Å². The Morgan fingerprint density at radius 3 is 2.94 bits per heavy atom. The molecule has 1 rings (SSSR count). The molecule has 1 aliphatic heterocycles. The van der Waals surface area contributed by atoms with Gasteiger partial charge in [0.15, 0.2) is 0 Å². The van der Waals surface area contributed by atoms with Crippen LogP contribution in [0.3, 0.4) is 0 Å². The molecule has 0 saturated carbocycles. The summed E-state index contributed by atoms with van der Waals surface area (Å²) < 4.78 is 10.6. The van der Waals surface area contributed by atoms with E-state index in [1.165, 1.54) is 12.8 Å². The normalized spacial score (nSPS) is 21.7. The van der Waals surface area contributed by atoms with Crippen LogP contribution >= 0.6 is 0 Å². The predicted octanol–water partition coefficient (Wildman–Crippen LogP) is 1.36. The standard InChI is InChI=1S/C14H30N2O2/c1-4-7-15-14(13-6-10-18-12-13)11-16(2)8-5-9-17-3/h13-15H,4-12H2,1-3H3. The van der Waals surface area contributed by atoms with Gasteiger partial charge >= 0.3 is 0 Å². The van der Waals surface area contributed by atoms with Gasteiger partial charge in [0.1, 0.15) is 0 Å². The van der Waals surface area contributed by atoms with Crippen molar-refractivity contribution in [3.8, 4) is 0 Å². The second kappa shape index (κ2) is 9.73. The summed E-state index contributed by atoms with van der Waals surface area (Å²) in [5, 5.41) is 3.68. The molecule has 2 atom stereocenters. The van der Waals surface area contributed by atoms with Gasteiger partial charge < -0.3 is 19.7 Å². The molecule has 1 heterocycles. The minimum Gasteiger partial charge on any atom is -0.385 e. The van der Waals surface area contributed by atoms with E-state index in [2.05, 4.69) is 24.2 Å². The average molecular weight is 258 g/mol. The lowest BCUT2D eigenvalue weighted by molar-refractivity contribution is 0.156. The maximum atomic E-state index is 5.52. The zero-order valence-corrected chi connectivity index (χ0v) is 12.3. The molecule has 0 aromatic heterocycles. The van der Waals surface area contributed by atoms with Crippen molar-refractivity contribution in [2.45, 2.75) is 32.2 Å². The third kappa shape index (κ3) is 6.14. The van der Waals surface area contributed by atoms with Crippen LogP contribution in [-0.2, 0) is 9.47 Å². The molecule has 4 heteroatoms. The second-order valence-corrected chi connectivity index (χ2v) is 5.29. The van der Waals surface area contributed by atoms with Crippen LogP contribution in [0.2, 0.25) is 0 Å². The van der Waals surface area contributed by atoms with Gasteiger partial charge in [0.2, 0.25) is 0 Å². The van der Waals surface area contributed by atoms with Crippen LogP contribution in [0.1, 0.15) is 26.2 Å². The van der Waals surface area contributed by atoms with Gasteiger partial charge in [0, 0.05) is 45.4 Å². The van der Waals surface area contributed by atoms with E-state index in [0.29, 0.717) is 12.0 Å². The van der Waals surface area contributed by atoms with Gasteiger partial charge in [-0.05, 0) is 32.9 Å². The zero-order chi connectivity index (χ0) is 13.2. The first-order valence-electron chi connectivity index (χ1n) is 7.26. The monoisotopic (exact) mass is 258 g/mol. The van der Waals surface area contributed by atoms with Crippen molar-refractivity contribution >= 4 is 0 Å². The third-order valence-electron chi connectivity index (χ3n) is 3.59. The summed E-state index contributed by atoms with van der Waals surface area (Å²) in [4.78, 5) is 2.41. The molecule has 1 saturated heterocycles. The first-order chi connectivity index (χ1) is 8.77. The minimum atomic E-state index is 0.569. The molecule has 0 spiro atoms. The van der Waals surface area contributed by atoms with Crippen molar-refractivity contribution in [1.29, 1.82) is 0 Å². The molecule has 0 radical (unpaired) electrons. The summed E-state index contributed by atoms with van der Waals surface area (Å²) in [6.07, 6.45) is 3.50. The van der Waals surface area contributed by atoms with E-state index in [1.54, 1.807) is 7.11 Å². The van der Waals surface area contributed by atoms with Crippen LogP contribution in [0.4, 0.5) is 0 Å². The van der Waals surface area contributed by atoms with Crippen molar-refractivity contribution in [1.82, 2.24) is 10.2 Å². The largest absolute Gasteiger partial charge is 0.385 e. The Hall–Kier alpha value is -0.160. The Labute approximate surface area is 112 Å². The highest BCUT2D eigenvalue weighted by molar-refractivity contribution is 4.81. The molecular formula is C14H30N2O2. The Kier molecular flexibility index (Phi) is 8.59. The SMILES string of the molecule is CCCNC(CN(C)CCCOC)C1CCOC1. The fourth-order valence-electron chi connectivity index (χ4n) is 2.49. The number of methoxy groups -OCH3 is 1. The molecule has 108 valence electrons. The Morgan fingerprint density at radius 2 is 2.33 bits per heavy atom. The van der Waals surface area contributed by atoms with Crippen LogP contribution in [0, 0.1) is 5.92 Å². The summed E-state index contributed by atoms with van der Waals surface area (Å²) >= 11 is 0. The molecule has 4 nitrogen and oxygen atoms in total. The van der Waals surface area contributed by atoms with Gasteiger partial charge in [0.05, 0.1) is 6.61 Å². The van der Waals surface area contributed by atoms with Crippen molar-refractivity contribution in [3.05, 3.63) is 0 Å². The van der Waals surface area contributed by atoms with Crippen molar-refractivity contribution in [2.24, 2.45) is 5.92 Å². The Bertz CT molecular complexity index is 196. The van der Waals surface area contributed by atoms with E-state index < -0.39 is 0 Å². The first-order valence-corrected chi connectivity index (χ1v) is 7.26. The molecule has 0 amide bonds. The molecule has 0 aliphatic carbocycles. The number of ether oxygens (including phenoxy) is 2. The number of hydrogen-bond donors (Lipinski definition) is 1. The van der Waals surface area contributed by atoms with Crippen molar-refractivity contribution in [3.63, 3.8) is 0 Å². The summed E-state index contributed by atoms with van der Waals surface area (Å²) in [5.41, 5.74) is 0. The maximum Gasteiger partial charge on any atom is 0.0510 e. The summed E-state index contributed by atoms with van der Waals surface area (Å²) in [7, 11) is 3.97. The van der Waals surface area contributed by atoms with Gasteiger partial charge in [0.25, 0.3) is 0 Å². The lowest BCUT2D eigenvalue weighted by atomic mass is 9.98. The van der Waals surface area contributed by atoms with Crippen molar-refractivity contribution in [2.75, 3.05) is 53.6 Å². The molecule has 18 heavy (non-hydrogen) atoms. The third-order valence-corrected chi connectivity index (χ3v) is 3.59.